The second-order valence-corrected chi connectivity index (χ2v) is 8.91. The van der Waals surface area contributed by atoms with Gasteiger partial charge in [-0.15, -0.1) is 0 Å². The van der Waals surface area contributed by atoms with Gasteiger partial charge in [0.2, 0.25) is 0 Å². The Morgan fingerprint density at radius 1 is 0.489 bits per heavy atom. The highest BCUT2D eigenvalue weighted by atomic mass is 19.4. The minimum absolute atomic E-state index is 0.233. The number of carbonyl (C=O) groups excluding carboxylic acids is 1. The van der Waals surface area contributed by atoms with E-state index < -0.39 is 89.3 Å². The average Bonchev–Trinajstić information content (AvgIpc) is 2.90. The molecule has 0 aromatic heterocycles. The molecule has 0 radical (unpaired) electrons. The predicted octanol–water partition coefficient (Wildman–Crippen LogP) is 9.16. The fraction of sp³-hybridized carbons (Fsp3) is 0.667. The molecule has 0 aliphatic heterocycles. The number of hydrogen-bond acceptors (Lipinski definition) is 3. The van der Waals surface area contributed by atoms with Crippen molar-refractivity contribution in [3.05, 3.63) is 29.8 Å². The molecule has 0 amide bonds. The van der Waals surface area contributed by atoms with Crippen molar-refractivity contribution in [2.75, 3.05) is 13.2 Å². The highest BCUT2D eigenvalue weighted by Crippen LogP contribution is 2.67. The van der Waals surface area contributed by atoms with E-state index in [0.717, 1.165) is 0 Å². The fourth-order valence-electron chi connectivity index (χ4n) is 2.95. The average molecular weight is 748 g/mol. The molecule has 0 unspecified atom stereocenters. The van der Waals surface area contributed by atoms with Gasteiger partial charge in [0.05, 0.1) is 12.2 Å². The van der Waals surface area contributed by atoms with Crippen LogP contribution in [0.25, 0.3) is 0 Å². The number of benzene rings is 1. The van der Waals surface area contributed by atoms with Crippen molar-refractivity contribution >= 4 is 5.97 Å². The SMILES string of the molecule is CCOC(=O)c1ccc(OCC(F)(F)C(F)(F)C(F)(F)C(F)(F)C(F)(F)C(F)(F)C(F)(F)C(F)(F)C(F)(F)C(F)(F)C(F)(F)F)cc1. The maximum Gasteiger partial charge on any atom is 0.460 e. The zero-order chi connectivity index (χ0) is 37.9. The smallest absolute Gasteiger partial charge is 0.460 e. The lowest BCUT2D eigenvalue weighted by Crippen LogP contribution is -2.77. The van der Waals surface area contributed by atoms with Gasteiger partial charge >= 0.3 is 71.4 Å². The van der Waals surface area contributed by atoms with Crippen LogP contribution in [0.15, 0.2) is 24.3 Å². The van der Waals surface area contributed by atoms with E-state index in [-0.39, 0.29) is 6.61 Å². The van der Waals surface area contributed by atoms with Crippen LogP contribution in [0.2, 0.25) is 0 Å². The first-order valence-electron chi connectivity index (χ1n) is 11.2. The third-order valence-electron chi connectivity index (χ3n) is 5.76. The summed E-state index contributed by atoms with van der Waals surface area (Å²) in [5, 5.41) is 0. The summed E-state index contributed by atoms with van der Waals surface area (Å²) < 4.78 is 318. The van der Waals surface area contributed by atoms with Gasteiger partial charge in [0, 0.05) is 0 Å². The third-order valence-corrected chi connectivity index (χ3v) is 5.76. The fourth-order valence-corrected chi connectivity index (χ4v) is 2.95. The monoisotopic (exact) mass is 748 g/mol. The van der Waals surface area contributed by atoms with Gasteiger partial charge in [-0.05, 0) is 31.2 Å². The molecule has 274 valence electrons. The van der Waals surface area contributed by atoms with Gasteiger partial charge in [-0.2, -0.15) is 101 Å². The minimum Gasteiger partial charge on any atom is -0.487 e. The molecule has 1 aromatic rings. The molecule has 0 atom stereocenters. The third kappa shape index (κ3) is 5.94. The van der Waals surface area contributed by atoms with Crippen molar-refractivity contribution in [1.29, 1.82) is 0 Å². The van der Waals surface area contributed by atoms with E-state index in [1.165, 1.54) is 6.92 Å². The van der Waals surface area contributed by atoms with E-state index in [1.807, 2.05) is 0 Å². The molecule has 3 nitrogen and oxygen atoms in total. The standard InChI is InChI=1S/C21H11F23O3/c1-2-46-10(45)8-3-5-9(6-4-8)47-7-11(22,23)12(24,25)13(26,27)14(28,29)15(30,31)16(32,33)17(34,35)18(36,37)19(38,39)20(40,41)21(42,43)44/h3-6H,2,7H2,1H3. The highest BCUT2D eigenvalue weighted by Gasteiger charge is 2.98. The molecule has 47 heavy (non-hydrogen) atoms. The maximum absolute atomic E-state index is 14.0. The first-order valence-corrected chi connectivity index (χ1v) is 11.2. The van der Waals surface area contributed by atoms with E-state index in [4.69, 9.17) is 0 Å². The van der Waals surface area contributed by atoms with Gasteiger partial charge in [-0.25, -0.2) is 4.79 Å². The van der Waals surface area contributed by atoms with Gasteiger partial charge in [0.15, 0.2) is 6.61 Å². The number of rotatable bonds is 14. The van der Waals surface area contributed by atoms with Gasteiger partial charge in [-0.3, -0.25) is 0 Å². The van der Waals surface area contributed by atoms with Gasteiger partial charge in [-0.1, -0.05) is 0 Å². The van der Waals surface area contributed by atoms with Crippen molar-refractivity contribution in [2.45, 2.75) is 72.3 Å². The number of hydrogen-bond donors (Lipinski definition) is 0. The summed E-state index contributed by atoms with van der Waals surface area (Å²) in [6.45, 7) is -2.25. The predicted molar refractivity (Wildman–Crippen MR) is 103 cm³/mol. The number of esters is 1. The lowest BCUT2D eigenvalue weighted by atomic mass is 9.85. The van der Waals surface area contributed by atoms with Crippen molar-refractivity contribution in [3.63, 3.8) is 0 Å². The second-order valence-electron chi connectivity index (χ2n) is 8.91. The molecule has 1 rings (SSSR count). The summed E-state index contributed by atoms with van der Waals surface area (Å²) in [4.78, 5) is 11.5. The molecule has 0 spiro atoms. The van der Waals surface area contributed by atoms with E-state index in [1.54, 1.807) is 0 Å². The first kappa shape index (κ1) is 41.9. The molecule has 0 bridgehead atoms. The lowest BCUT2D eigenvalue weighted by Gasteiger charge is -2.45. The van der Waals surface area contributed by atoms with Gasteiger partial charge in [0.1, 0.15) is 5.75 Å². The zero-order valence-electron chi connectivity index (χ0n) is 21.6. The quantitative estimate of drug-likeness (QED) is 0.141. The summed E-state index contributed by atoms with van der Waals surface area (Å²) in [5.74, 6) is -90.6. The highest BCUT2D eigenvalue weighted by molar-refractivity contribution is 5.89. The summed E-state index contributed by atoms with van der Waals surface area (Å²) in [7, 11) is 0. The summed E-state index contributed by atoms with van der Waals surface area (Å²) in [6, 6.07) is 2.03. The van der Waals surface area contributed by atoms with Crippen LogP contribution in [0, 0.1) is 0 Å². The van der Waals surface area contributed by atoms with Crippen LogP contribution < -0.4 is 4.74 Å². The van der Waals surface area contributed by atoms with E-state index in [2.05, 4.69) is 9.47 Å². The molecule has 1 aromatic carbocycles. The topological polar surface area (TPSA) is 35.5 Å². The molecule has 0 aliphatic carbocycles. The molecular formula is C21H11F23O3. The molecule has 0 N–H and O–H groups in total. The molecule has 0 fully saturated rings. The summed E-state index contributed by atoms with van der Waals surface area (Å²) in [5.41, 5.74) is -0.423. The number of carbonyl (C=O) groups is 1. The van der Waals surface area contributed by atoms with Crippen LogP contribution in [0.4, 0.5) is 101 Å². The Morgan fingerprint density at radius 2 is 0.787 bits per heavy atom. The Balaban J connectivity index is 3.60. The molecule has 0 saturated carbocycles. The molecule has 0 saturated heterocycles. The Hall–Kier alpha value is -3.12. The van der Waals surface area contributed by atoms with Gasteiger partial charge < -0.3 is 9.47 Å². The van der Waals surface area contributed by atoms with Crippen LogP contribution in [-0.2, 0) is 4.74 Å². The normalized spacial score (nSPS) is 15.5. The Bertz CT molecular complexity index is 1270. The molecule has 0 aliphatic rings. The number of halogens is 23. The van der Waals surface area contributed by atoms with E-state index >= 15 is 0 Å². The van der Waals surface area contributed by atoms with E-state index in [9.17, 15) is 106 Å². The van der Waals surface area contributed by atoms with E-state index in [0.29, 0.717) is 24.3 Å². The first-order chi connectivity index (χ1) is 20.4. The van der Waals surface area contributed by atoms with Crippen LogP contribution in [0.1, 0.15) is 17.3 Å². The van der Waals surface area contributed by atoms with Crippen molar-refractivity contribution < 1.29 is 115 Å². The van der Waals surface area contributed by atoms with Crippen LogP contribution in [0.3, 0.4) is 0 Å². The van der Waals surface area contributed by atoms with Crippen LogP contribution >= 0.6 is 0 Å². The lowest BCUT2D eigenvalue weighted by molar-refractivity contribution is -0.478. The van der Waals surface area contributed by atoms with Gasteiger partial charge in [0.25, 0.3) is 0 Å². The summed E-state index contributed by atoms with van der Waals surface area (Å²) >= 11 is 0. The molecule has 0 heterocycles. The minimum atomic E-state index is -9.45. The summed E-state index contributed by atoms with van der Waals surface area (Å²) in [6.07, 6.45) is -8.12. The molecular weight excluding hydrogens is 737 g/mol. The van der Waals surface area contributed by atoms with Crippen molar-refractivity contribution in [1.82, 2.24) is 0 Å². The largest absolute Gasteiger partial charge is 0.487 e. The second kappa shape index (κ2) is 11.8. The maximum atomic E-state index is 14.0. The van der Waals surface area contributed by atoms with Crippen LogP contribution in [-0.4, -0.2) is 84.6 Å². The zero-order valence-corrected chi connectivity index (χ0v) is 21.6. The Labute approximate surface area is 243 Å². The van der Waals surface area contributed by atoms with Crippen LogP contribution in [0.5, 0.6) is 5.75 Å². The Morgan fingerprint density at radius 3 is 1.09 bits per heavy atom. The number of alkyl halides is 23. The van der Waals surface area contributed by atoms with Crippen molar-refractivity contribution in [3.8, 4) is 5.75 Å². The molecule has 26 heteroatoms. The Kier molecular flexibility index (Phi) is 10.5. The number of ether oxygens (including phenoxy) is 2. The van der Waals surface area contributed by atoms with Crippen molar-refractivity contribution in [2.24, 2.45) is 0 Å².